The van der Waals surface area contributed by atoms with Crippen molar-refractivity contribution in [1.29, 1.82) is 0 Å². The lowest BCUT2D eigenvalue weighted by atomic mass is 10.1. The molecule has 2 N–H and O–H groups in total. The molecule has 0 fully saturated rings. The Labute approximate surface area is 149 Å². The number of anilines is 2. The summed E-state index contributed by atoms with van der Waals surface area (Å²) in [4.78, 5) is 16.3. The Morgan fingerprint density at radius 3 is 2.46 bits per heavy atom. The summed E-state index contributed by atoms with van der Waals surface area (Å²) in [7, 11) is 0. The summed E-state index contributed by atoms with van der Waals surface area (Å²) in [6.07, 6.45) is 1.46. The van der Waals surface area contributed by atoms with Crippen LogP contribution in [0.1, 0.15) is 21.6 Å². The molecule has 0 radical (unpaired) electrons. The average Bonchev–Trinajstić information content (AvgIpc) is 2.64. The minimum Gasteiger partial charge on any atom is -0.354 e. The fourth-order valence-electron chi connectivity index (χ4n) is 2.42. The van der Waals surface area contributed by atoms with Crippen molar-refractivity contribution in [2.45, 2.75) is 13.5 Å². The highest BCUT2D eigenvalue weighted by molar-refractivity contribution is 5.92. The van der Waals surface area contributed by atoms with Crippen LogP contribution in [0.15, 0.2) is 60.8 Å². The normalized spacial score (nSPS) is 10.4. The first-order chi connectivity index (χ1) is 12.5. The van der Waals surface area contributed by atoms with Crippen molar-refractivity contribution in [3.05, 3.63) is 89.2 Å². The van der Waals surface area contributed by atoms with E-state index in [0.29, 0.717) is 17.9 Å². The molecule has 0 spiro atoms. The number of rotatable bonds is 5. The summed E-state index contributed by atoms with van der Waals surface area (Å²) in [6, 6.07) is 14.5. The third-order valence-electron chi connectivity index (χ3n) is 3.91. The second-order valence-electron chi connectivity index (χ2n) is 5.80. The summed E-state index contributed by atoms with van der Waals surface area (Å²) < 4.78 is 26.2. The van der Waals surface area contributed by atoms with Crippen LogP contribution < -0.4 is 10.6 Å². The minimum absolute atomic E-state index is 0.273. The predicted octanol–water partition coefficient (Wildman–Crippen LogP) is 4.34. The molecule has 132 valence electrons. The van der Waals surface area contributed by atoms with Gasteiger partial charge in [-0.3, -0.25) is 4.79 Å². The van der Waals surface area contributed by atoms with Gasteiger partial charge in [0.15, 0.2) is 11.6 Å². The molecule has 3 rings (SSSR count). The molecule has 4 nitrogen and oxygen atoms in total. The molecule has 1 heterocycles. The summed E-state index contributed by atoms with van der Waals surface area (Å²) in [5.41, 5.74) is 3.37. The molecular formula is C20H17F2N3O. The highest BCUT2D eigenvalue weighted by Crippen LogP contribution is 2.18. The topological polar surface area (TPSA) is 54.0 Å². The second-order valence-corrected chi connectivity index (χ2v) is 5.80. The van der Waals surface area contributed by atoms with E-state index in [4.69, 9.17) is 0 Å². The van der Waals surface area contributed by atoms with Crippen molar-refractivity contribution < 1.29 is 13.6 Å². The Kier molecular flexibility index (Phi) is 5.22. The fourth-order valence-corrected chi connectivity index (χ4v) is 2.42. The molecule has 2 aromatic carbocycles. The lowest BCUT2D eigenvalue weighted by Crippen LogP contribution is -2.24. The maximum absolute atomic E-state index is 13.2. The van der Waals surface area contributed by atoms with Gasteiger partial charge in [0.25, 0.3) is 5.91 Å². The van der Waals surface area contributed by atoms with Gasteiger partial charge in [-0.2, -0.15) is 0 Å². The molecule has 0 aliphatic heterocycles. The van der Waals surface area contributed by atoms with Gasteiger partial charge in [-0.15, -0.1) is 0 Å². The van der Waals surface area contributed by atoms with Gasteiger partial charge in [0.05, 0.1) is 11.9 Å². The van der Waals surface area contributed by atoms with Crippen LogP contribution in [0, 0.1) is 18.6 Å². The predicted molar refractivity (Wildman–Crippen MR) is 96.2 cm³/mol. The molecule has 0 unspecified atom stereocenters. The average molecular weight is 353 g/mol. The van der Waals surface area contributed by atoms with Gasteiger partial charge in [-0.1, -0.05) is 24.3 Å². The monoisotopic (exact) mass is 353 g/mol. The van der Waals surface area contributed by atoms with Crippen LogP contribution in [-0.4, -0.2) is 10.9 Å². The quantitative estimate of drug-likeness (QED) is 0.717. The van der Waals surface area contributed by atoms with Crippen LogP contribution in [0.2, 0.25) is 0 Å². The third-order valence-corrected chi connectivity index (χ3v) is 3.91. The van der Waals surface area contributed by atoms with Crippen LogP contribution in [0.3, 0.4) is 0 Å². The summed E-state index contributed by atoms with van der Waals surface area (Å²) >= 11 is 0. The van der Waals surface area contributed by atoms with Crippen molar-refractivity contribution in [2.24, 2.45) is 0 Å². The highest BCUT2D eigenvalue weighted by Gasteiger charge is 2.08. The van der Waals surface area contributed by atoms with Crippen LogP contribution in [0.25, 0.3) is 0 Å². The molecule has 0 bridgehead atoms. The van der Waals surface area contributed by atoms with Crippen molar-refractivity contribution in [3.8, 4) is 0 Å². The Morgan fingerprint density at radius 2 is 1.77 bits per heavy atom. The molecule has 6 heteroatoms. The number of aromatic nitrogens is 1. The molecule has 1 amide bonds. The van der Waals surface area contributed by atoms with Crippen molar-refractivity contribution in [1.82, 2.24) is 10.3 Å². The van der Waals surface area contributed by atoms with Crippen LogP contribution in [0.4, 0.5) is 20.2 Å². The number of carbonyl (C=O) groups is 1. The van der Waals surface area contributed by atoms with Gasteiger partial charge in [0.2, 0.25) is 0 Å². The lowest BCUT2D eigenvalue weighted by molar-refractivity contribution is 0.0946. The maximum atomic E-state index is 13.2. The number of benzene rings is 2. The van der Waals surface area contributed by atoms with E-state index >= 15 is 0 Å². The van der Waals surface area contributed by atoms with E-state index in [1.807, 2.05) is 31.2 Å². The third kappa shape index (κ3) is 4.22. The minimum atomic E-state index is -0.935. The number of aryl methyl sites for hydroxylation is 1. The summed E-state index contributed by atoms with van der Waals surface area (Å²) in [6.45, 7) is 2.40. The number of pyridine rings is 1. The zero-order valence-electron chi connectivity index (χ0n) is 14.1. The molecule has 0 aliphatic carbocycles. The number of amides is 1. The smallest absolute Gasteiger partial charge is 0.270 e. The summed E-state index contributed by atoms with van der Waals surface area (Å²) in [5, 5.41) is 5.73. The first-order valence-corrected chi connectivity index (χ1v) is 8.04. The number of hydrogen-bond acceptors (Lipinski definition) is 3. The Balaban J connectivity index is 1.62. The largest absolute Gasteiger partial charge is 0.354 e. The van der Waals surface area contributed by atoms with Gasteiger partial charge in [-0.05, 0) is 42.3 Å². The van der Waals surface area contributed by atoms with E-state index in [9.17, 15) is 13.6 Å². The SMILES string of the molecule is Cc1ccccc1CNC(=O)c1ccc(Nc2ccc(F)c(F)c2)cn1. The Bertz CT molecular complexity index is 927. The molecule has 3 aromatic rings. The van der Waals surface area contributed by atoms with E-state index in [-0.39, 0.29) is 11.6 Å². The molecule has 0 aliphatic rings. The molecular weight excluding hydrogens is 336 g/mol. The number of halogens is 2. The lowest BCUT2D eigenvalue weighted by Gasteiger charge is -2.09. The van der Waals surface area contributed by atoms with Gasteiger partial charge in [0.1, 0.15) is 5.69 Å². The fraction of sp³-hybridized carbons (Fsp3) is 0.100. The van der Waals surface area contributed by atoms with E-state index in [1.54, 1.807) is 12.1 Å². The summed E-state index contributed by atoms with van der Waals surface area (Å²) in [5.74, 6) is -2.13. The van der Waals surface area contributed by atoms with Crippen molar-refractivity contribution >= 4 is 17.3 Å². The van der Waals surface area contributed by atoms with Gasteiger partial charge >= 0.3 is 0 Å². The van der Waals surface area contributed by atoms with Gasteiger partial charge in [-0.25, -0.2) is 13.8 Å². The Morgan fingerprint density at radius 1 is 1.00 bits per heavy atom. The van der Waals surface area contributed by atoms with Crippen molar-refractivity contribution in [3.63, 3.8) is 0 Å². The first-order valence-electron chi connectivity index (χ1n) is 8.04. The van der Waals surface area contributed by atoms with E-state index in [1.165, 1.54) is 12.3 Å². The standard InChI is InChI=1S/C20H17F2N3O/c1-13-4-2-3-5-14(13)11-24-20(26)19-9-7-16(12-23-19)25-15-6-8-17(21)18(22)10-15/h2-10,12,25H,11H2,1H3,(H,24,26). The van der Waals surface area contributed by atoms with E-state index in [0.717, 1.165) is 23.3 Å². The van der Waals surface area contributed by atoms with E-state index < -0.39 is 11.6 Å². The number of nitrogens with zero attached hydrogens (tertiary/aromatic N) is 1. The number of hydrogen-bond donors (Lipinski definition) is 2. The molecule has 26 heavy (non-hydrogen) atoms. The number of carbonyl (C=O) groups excluding carboxylic acids is 1. The van der Waals surface area contributed by atoms with Crippen LogP contribution in [-0.2, 0) is 6.54 Å². The zero-order chi connectivity index (χ0) is 18.5. The highest BCUT2D eigenvalue weighted by atomic mass is 19.2. The van der Waals surface area contributed by atoms with Gasteiger partial charge in [0, 0.05) is 18.3 Å². The maximum Gasteiger partial charge on any atom is 0.270 e. The molecule has 0 atom stereocenters. The van der Waals surface area contributed by atoms with Crippen LogP contribution >= 0.6 is 0 Å². The Hall–Kier alpha value is -3.28. The van der Waals surface area contributed by atoms with Crippen molar-refractivity contribution in [2.75, 3.05) is 5.32 Å². The molecule has 0 saturated heterocycles. The number of nitrogens with one attached hydrogen (secondary N) is 2. The molecule has 1 aromatic heterocycles. The van der Waals surface area contributed by atoms with E-state index in [2.05, 4.69) is 15.6 Å². The van der Waals surface area contributed by atoms with Gasteiger partial charge < -0.3 is 10.6 Å². The molecule has 0 saturated carbocycles. The van der Waals surface area contributed by atoms with Crippen LogP contribution in [0.5, 0.6) is 0 Å². The second kappa shape index (κ2) is 7.74. The zero-order valence-corrected chi connectivity index (χ0v) is 14.1. The first kappa shape index (κ1) is 17.5.